The fourth-order valence-electron chi connectivity index (χ4n) is 2.16. The summed E-state index contributed by atoms with van der Waals surface area (Å²) in [6.07, 6.45) is 2.56. The van der Waals surface area contributed by atoms with Gasteiger partial charge < -0.3 is 21.1 Å². The first-order chi connectivity index (χ1) is 8.99. The van der Waals surface area contributed by atoms with Gasteiger partial charge in [-0.2, -0.15) is 0 Å². The maximum Gasteiger partial charge on any atom is 0.317 e. The second kappa shape index (κ2) is 7.60. The molecule has 108 valence electrons. The molecule has 7 heteroatoms. The highest BCUT2D eigenvalue weighted by atomic mass is 16.4. The monoisotopic (exact) mass is 271 g/mol. The molecule has 0 spiro atoms. The lowest BCUT2D eigenvalue weighted by molar-refractivity contribution is -0.138. The van der Waals surface area contributed by atoms with Crippen molar-refractivity contribution in [2.45, 2.75) is 32.1 Å². The normalized spacial score (nSPS) is 18.3. The lowest BCUT2D eigenvalue weighted by Crippen LogP contribution is -2.39. The Kier molecular flexibility index (Phi) is 6.11. The van der Waals surface area contributed by atoms with Crippen LogP contribution >= 0.6 is 0 Å². The van der Waals surface area contributed by atoms with Crippen LogP contribution in [0.4, 0.5) is 4.79 Å². The van der Waals surface area contributed by atoms with Gasteiger partial charge >= 0.3 is 12.0 Å². The molecule has 4 N–H and O–H groups in total. The molecule has 7 nitrogen and oxygen atoms in total. The fourth-order valence-corrected chi connectivity index (χ4v) is 2.16. The quantitative estimate of drug-likeness (QED) is 0.572. The summed E-state index contributed by atoms with van der Waals surface area (Å²) in [7, 11) is 0. The van der Waals surface area contributed by atoms with Crippen molar-refractivity contribution < 1.29 is 19.5 Å². The van der Waals surface area contributed by atoms with Crippen LogP contribution in [-0.2, 0) is 9.59 Å². The Labute approximate surface area is 112 Å². The van der Waals surface area contributed by atoms with E-state index in [1.54, 1.807) is 4.90 Å². The summed E-state index contributed by atoms with van der Waals surface area (Å²) in [6, 6.07) is -0.160. The Morgan fingerprint density at radius 1 is 1.32 bits per heavy atom. The van der Waals surface area contributed by atoms with Crippen molar-refractivity contribution in [3.05, 3.63) is 0 Å². The van der Waals surface area contributed by atoms with Gasteiger partial charge in [0, 0.05) is 32.5 Å². The van der Waals surface area contributed by atoms with Crippen LogP contribution in [0.3, 0.4) is 0 Å². The van der Waals surface area contributed by atoms with E-state index in [0.29, 0.717) is 38.9 Å². The number of nitrogens with one attached hydrogen (secondary N) is 1. The Hall–Kier alpha value is -1.79. The molecule has 19 heavy (non-hydrogen) atoms. The third kappa shape index (κ3) is 6.08. The van der Waals surface area contributed by atoms with Crippen molar-refractivity contribution >= 4 is 17.9 Å². The number of hydrogen-bond donors (Lipinski definition) is 3. The summed E-state index contributed by atoms with van der Waals surface area (Å²) in [6.45, 7) is 1.61. The highest BCUT2D eigenvalue weighted by molar-refractivity contribution is 5.75. The molecular formula is C12H21N3O4. The molecule has 1 fully saturated rings. The van der Waals surface area contributed by atoms with Crippen molar-refractivity contribution in [1.29, 1.82) is 0 Å². The molecule has 0 aromatic carbocycles. The molecule has 0 saturated carbocycles. The second-order valence-corrected chi connectivity index (χ2v) is 4.85. The summed E-state index contributed by atoms with van der Waals surface area (Å²) in [4.78, 5) is 34.5. The van der Waals surface area contributed by atoms with Gasteiger partial charge in [0.25, 0.3) is 0 Å². The van der Waals surface area contributed by atoms with E-state index in [-0.39, 0.29) is 24.3 Å². The Morgan fingerprint density at radius 3 is 2.68 bits per heavy atom. The molecule has 1 rings (SSSR count). The Balaban J connectivity index is 2.13. The van der Waals surface area contributed by atoms with Gasteiger partial charge in [0.15, 0.2) is 0 Å². The minimum atomic E-state index is -0.821. The molecule has 0 radical (unpaired) electrons. The first-order valence-electron chi connectivity index (χ1n) is 6.52. The van der Waals surface area contributed by atoms with E-state index < -0.39 is 5.97 Å². The molecular weight excluding hydrogens is 250 g/mol. The van der Waals surface area contributed by atoms with Crippen molar-refractivity contribution in [2.75, 3.05) is 19.6 Å². The average Bonchev–Trinajstić information content (AvgIpc) is 2.75. The summed E-state index contributed by atoms with van der Waals surface area (Å²) in [5.41, 5.74) is 5.01. The SMILES string of the molecule is NC(=O)CCCCNC(=O)N1CCC(CC(=O)O)C1. The first kappa shape index (κ1) is 15.3. The third-order valence-corrected chi connectivity index (χ3v) is 3.16. The minimum Gasteiger partial charge on any atom is -0.481 e. The first-order valence-corrected chi connectivity index (χ1v) is 6.52. The van der Waals surface area contributed by atoms with Crippen LogP contribution in [-0.4, -0.2) is 47.5 Å². The summed E-state index contributed by atoms with van der Waals surface area (Å²) >= 11 is 0. The number of carboxylic acids is 1. The number of amides is 3. The molecule has 1 aliphatic heterocycles. The van der Waals surface area contributed by atoms with E-state index in [1.807, 2.05) is 0 Å². The number of rotatable bonds is 7. The van der Waals surface area contributed by atoms with Gasteiger partial charge in [0.1, 0.15) is 0 Å². The van der Waals surface area contributed by atoms with Crippen LogP contribution in [0.1, 0.15) is 32.1 Å². The molecule has 1 aliphatic rings. The highest BCUT2D eigenvalue weighted by Gasteiger charge is 2.27. The average molecular weight is 271 g/mol. The molecule has 0 aromatic heterocycles. The van der Waals surface area contributed by atoms with E-state index in [9.17, 15) is 14.4 Å². The predicted molar refractivity (Wildman–Crippen MR) is 68.4 cm³/mol. The van der Waals surface area contributed by atoms with Crippen molar-refractivity contribution in [3.63, 3.8) is 0 Å². The number of nitrogens with two attached hydrogens (primary N) is 1. The van der Waals surface area contributed by atoms with Crippen LogP contribution in [0.15, 0.2) is 0 Å². The fraction of sp³-hybridized carbons (Fsp3) is 0.750. The molecule has 3 amide bonds. The molecule has 1 saturated heterocycles. The number of likely N-dealkylation sites (tertiary alicyclic amines) is 1. The smallest absolute Gasteiger partial charge is 0.317 e. The molecule has 0 aromatic rings. The number of carboxylic acid groups (broad SMARTS) is 1. The van der Waals surface area contributed by atoms with Gasteiger partial charge in [-0.15, -0.1) is 0 Å². The maximum atomic E-state index is 11.7. The lowest BCUT2D eigenvalue weighted by atomic mass is 10.1. The zero-order chi connectivity index (χ0) is 14.3. The molecule has 1 unspecified atom stereocenters. The van der Waals surface area contributed by atoms with Gasteiger partial charge in [-0.1, -0.05) is 0 Å². The topological polar surface area (TPSA) is 113 Å². The number of carbonyl (C=O) groups excluding carboxylic acids is 2. The van der Waals surface area contributed by atoms with Gasteiger partial charge in [0.05, 0.1) is 0 Å². The second-order valence-electron chi connectivity index (χ2n) is 4.85. The van der Waals surface area contributed by atoms with Crippen LogP contribution < -0.4 is 11.1 Å². The van der Waals surface area contributed by atoms with Crippen molar-refractivity contribution in [2.24, 2.45) is 11.7 Å². The highest BCUT2D eigenvalue weighted by Crippen LogP contribution is 2.19. The minimum absolute atomic E-state index is 0.0538. The van der Waals surface area contributed by atoms with E-state index >= 15 is 0 Å². The lowest BCUT2D eigenvalue weighted by Gasteiger charge is -2.17. The number of carbonyl (C=O) groups is 3. The number of urea groups is 1. The van der Waals surface area contributed by atoms with Gasteiger partial charge in [0.2, 0.25) is 5.91 Å². The Morgan fingerprint density at radius 2 is 2.05 bits per heavy atom. The van der Waals surface area contributed by atoms with Crippen LogP contribution in [0.5, 0.6) is 0 Å². The van der Waals surface area contributed by atoms with Crippen LogP contribution in [0.2, 0.25) is 0 Å². The summed E-state index contributed by atoms with van der Waals surface area (Å²) in [5, 5.41) is 11.4. The van der Waals surface area contributed by atoms with Crippen LogP contribution in [0.25, 0.3) is 0 Å². The van der Waals surface area contributed by atoms with Gasteiger partial charge in [-0.3, -0.25) is 9.59 Å². The number of nitrogens with zero attached hydrogens (tertiary/aromatic N) is 1. The summed E-state index contributed by atoms with van der Waals surface area (Å²) in [5.74, 6) is -1.10. The van der Waals surface area contributed by atoms with E-state index in [4.69, 9.17) is 10.8 Å². The van der Waals surface area contributed by atoms with E-state index in [2.05, 4.69) is 5.32 Å². The standard InChI is InChI=1S/C12H21N3O4/c13-10(16)3-1-2-5-14-12(19)15-6-4-9(8-15)7-11(17)18/h9H,1-8H2,(H2,13,16)(H,14,19)(H,17,18). The number of unbranched alkanes of at least 4 members (excludes halogenated alkanes) is 1. The zero-order valence-corrected chi connectivity index (χ0v) is 10.9. The Bertz CT molecular complexity index is 346. The third-order valence-electron chi connectivity index (χ3n) is 3.16. The molecule has 0 bridgehead atoms. The number of aliphatic carboxylic acids is 1. The maximum absolute atomic E-state index is 11.7. The predicted octanol–water partition coefficient (Wildman–Crippen LogP) is 0.148. The van der Waals surface area contributed by atoms with Crippen molar-refractivity contribution in [3.8, 4) is 0 Å². The van der Waals surface area contributed by atoms with E-state index in [0.717, 1.165) is 6.42 Å². The molecule has 1 atom stereocenters. The molecule has 1 heterocycles. The van der Waals surface area contributed by atoms with Crippen molar-refractivity contribution in [1.82, 2.24) is 10.2 Å². The number of primary amides is 1. The van der Waals surface area contributed by atoms with Gasteiger partial charge in [-0.05, 0) is 25.2 Å². The largest absolute Gasteiger partial charge is 0.481 e. The van der Waals surface area contributed by atoms with E-state index in [1.165, 1.54) is 0 Å². The molecule has 0 aliphatic carbocycles. The summed E-state index contributed by atoms with van der Waals surface area (Å²) < 4.78 is 0. The number of hydrogen-bond acceptors (Lipinski definition) is 3. The zero-order valence-electron chi connectivity index (χ0n) is 10.9. The van der Waals surface area contributed by atoms with Crippen LogP contribution in [0, 0.1) is 5.92 Å². The van der Waals surface area contributed by atoms with Gasteiger partial charge in [-0.25, -0.2) is 4.79 Å².